The first kappa shape index (κ1) is 27.4. The number of hydrogen-bond acceptors (Lipinski definition) is 3. The Labute approximate surface area is 227 Å². The summed E-state index contributed by atoms with van der Waals surface area (Å²) < 4.78 is 96.0. The fourth-order valence-electron chi connectivity index (χ4n) is 4.49. The van der Waals surface area contributed by atoms with Gasteiger partial charge in [-0.1, -0.05) is 41.9 Å². The summed E-state index contributed by atoms with van der Waals surface area (Å²) in [5.74, 6) is -1.21. The number of benzene rings is 3. The van der Waals surface area contributed by atoms with Crippen LogP contribution in [-0.2, 0) is 24.3 Å². The van der Waals surface area contributed by atoms with Crippen molar-refractivity contribution in [1.82, 2.24) is 15.0 Å². The van der Waals surface area contributed by atoms with Crippen LogP contribution in [-0.4, -0.2) is 15.0 Å². The summed E-state index contributed by atoms with van der Waals surface area (Å²) in [5.41, 5.74) is -2.98. The lowest BCUT2D eigenvalue weighted by molar-refractivity contribution is -0.138. The van der Waals surface area contributed by atoms with Crippen LogP contribution in [0.15, 0.2) is 85.1 Å². The van der Waals surface area contributed by atoms with Crippen LogP contribution < -0.4 is 5.32 Å². The van der Waals surface area contributed by atoms with E-state index >= 15 is 0 Å². The molecule has 3 aromatic carbocycles. The minimum absolute atomic E-state index is 0.0368. The number of rotatable bonds is 6. The number of nitrogens with zero attached hydrogens (tertiary/aromatic N) is 2. The summed E-state index contributed by atoms with van der Waals surface area (Å²) in [5, 5.41) is 3.31. The lowest BCUT2D eigenvalue weighted by atomic mass is 9.80. The van der Waals surface area contributed by atoms with Crippen molar-refractivity contribution >= 4 is 28.6 Å². The SMILES string of the molecule is Fc1cc(C(F)(F)F)cc(C(Cc2ccccc2)(Nc2nc3cc(C(F)(F)F)ccc3[nH]2)c2ccc(Cl)cn2)c1. The zero-order valence-electron chi connectivity index (χ0n) is 20.2. The quantitative estimate of drug-likeness (QED) is 0.199. The smallest absolute Gasteiger partial charge is 0.340 e. The van der Waals surface area contributed by atoms with Gasteiger partial charge in [0.1, 0.15) is 11.4 Å². The van der Waals surface area contributed by atoms with Gasteiger partial charge in [0.15, 0.2) is 0 Å². The van der Waals surface area contributed by atoms with E-state index in [4.69, 9.17) is 11.6 Å². The van der Waals surface area contributed by atoms with E-state index in [-0.39, 0.29) is 39.7 Å². The molecule has 0 amide bonds. The highest BCUT2D eigenvalue weighted by atomic mass is 35.5. The van der Waals surface area contributed by atoms with Gasteiger partial charge in [0.2, 0.25) is 5.95 Å². The van der Waals surface area contributed by atoms with Crippen molar-refractivity contribution < 1.29 is 30.7 Å². The van der Waals surface area contributed by atoms with E-state index in [0.29, 0.717) is 11.6 Å². The van der Waals surface area contributed by atoms with Gasteiger partial charge in [0.25, 0.3) is 0 Å². The molecule has 12 heteroatoms. The summed E-state index contributed by atoms with van der Waals surface area (Å²) in [6, 6.07) is 16.7. The Morgan fingerprint density at radius 3 is 2.12 bits per heavy atom. The predicted octanol–water partition coefficient (Wildman–Crippen LogP) is 8.39. The Kier molecular flexibility index (Phi) is 6.95. The molecule has 0 spiro atoms. The fraction of sp³-hybridized carbons (Fsp3) is 0.143. The Morgan fingerprint density at radius 2 is 1.48 bits per heavy atom. The second-order valence-electron chi connectivity index (χ2n) is 9.10. The molecular formula is C28H18ClF7N4. The number of halogens is 8. The molecule has 1 atom stereocenters. The van der Waals surface area contributed by atoms with Gasteiger partial charge in [-0.25, -0.2) is 9.37 Å². The first-order valence-corrected chi connectivity index (χ1v) is 12.1. The zero-order chi connectivity index (χ0) is 28.7. The highest BCUT2D eigenvalue weighted by Gasteiger charge is 2.40. The van der Waals surface area contributed by atoms with E-state index in [1.54, 1.807) is 30.3 Å². The van der Waals surface area contributed by atoms with Crippen molar-refractivity contribution in [1.29, 1.82) is 0 Å². The molecule has 0 radical (unpaired) electrons. The highest BCUT2D eigenvalue weighted by Crippen LogP contribution is 2.40. The molecule has 0 aliphatic heterocycles. The molecule has 2 heterocycles. The number of anilines is 1. The maximum Gasteiger partial charge on any atom is 0.416 e. The molecule has 5 rings (SSSR count). The fourth-order valence-corrected chi connectivity index (χ4v) is 4.61. The molecule has 206 valence electrons. The standard InChI is InChI=1S/C28H18ClF7N4/c29-20-7-9-24(37-15-20)26(14-16-4-2-1-3-5-16,18-10-19(28(34,35)36)12-21(30)11-18)40-25-38-22-8-6-17(27(31,32)33)13-23(22)39-25/h1-13,15H,14H2,(H2,38,39,40). The average Bonchev–Trinajstić information content (AvgIpc) is 3.29. The molecule has 2 aromatic heterocycles. The third kappa shape index (κ3) is 5.60. The Balaban J connectivity index is 1.75. The van der Waals surface area contributed by atoms with Crippen molar-refractivity contribution in [2.45, 2.75) is 24.3 Å². The molecule has 0 saturated carbocycles. The van der Waals surface area contributed by atoms with Gasteiger partial charge < -0.3 is 10.3 Å². The highest BCUT2D eigenvalue weighted by molar-refractivity contribution is 6.30. The van der Waals surface area contributed by atoms with E-state index < -0.39 is 34.8 Å². The number of fused-ring (bicyclic) bond motifs is 1. The van der Waals surface area contributed by atoms with Crippen LogP contribution in [0.4, 0.5) is 36.7 Å². The maximum absolute atomic E-state index is 14.8. The van der Waals surface area contributed by atoms with E-state index in [1.165, 1.54) is 24.4 Å². The van der Waals surface area contributed by atoms with E-state index in [1.807, 2.05) is 0 Å². The van der Waals surface area contributed by atoms with Crippen LogP contribution >= 0.6 is 11.6 Å². The van der Waals surface area contributed by atoms with Gasteiger partial charge >= 0.3 is 12.4 Å². The molecule has 40 heavy (non-hydrogen) atoms. The second-order valence-corrected chi connectivity index (χ2v) is 9.53. The number of nitrogens with one attached hydrogen (secondary N) is 2. The van der Waals surface area contributed by atoms with Gasteiger partial charge in [-0.3, -0.25) is 4.98 Å². The molecule has 4 nitrogen and oxygen atoms in total. The summed E-state index contributed by atoms with van der Waals surface area (Å²) in [7, 11) is 0. The number of pyridine rings is 1. The number of H-pyrrole nitrogens is 1. The number of imidazole rings is 1. The lowest BCUT2D eigenvalue weighted by Gasteiger charge is -2.35. The minimum atomic E-state index is -4.86. The van der Waals surface area contributed by atoms with E-state index in [0.717, 1.165) is 24.3 Å². The summed E-state index contributed by atoms with van der Waals surface area (Å²) in [6.45, 7) is 0. The van der Waals surface area contributed by atoms with Crippen LogP contribution in [0.25, 0.3) is 11.0 Å². The first-order valence-electron chi connectivity index (χ1n) is 11.7. The van der Waals surface area contributed by atoms with Crippen LogP contribution in [0, 0.1) is 5.82 Å². The molecule has 0 bridgehead atoms. The second kappa shape index (κ2) is 10.1. The Morgan fingerprint density at radius 1 is 0.775 bits per heavy atom. The third-order valence-corrected chi connectivity index (χ3v) is 6.56. The third-order valence-electron chi connectivity index (χ3n) is 6.34. The molecule has 0 saturated heterocycles. The van der Waals surface area contributed by atoms with Crippen molar-refractivity contribution in [3.8, 4) is 0 Å². The molecule has 5 aromatic rings. The van der Waals surface area contributed by atoms with Crippen molar-refractivity contribution in [2.24, 2.45) is 0 Å². The molecule has 1 unspecified atom stereocenters. The number of hydrogen-bond donors (Lipinski definition) is 2. The first-order chi connectivity index (χ1) is 18.8. The van der Waals surface area contributed by atoms with Crippen LogP contribution in [0.2, 0.25) is 5.02 Å². The molecule has 0 fully saturated rings. The van der Waals surface area contributed by atoms with Gasteiger partial charge in [-0.15, -0.1) is 0 Å². The number of alkyl halides is 6. The number of aromatic amines is 1. The average molecular weight is 579 g/mol. The van der Waals surface area contributed by atoms with Gasteiger partial charge in [-0.05, 0) is 59.7 Å². The van der Waals surface area contributed by atoms with E-state index in [2.05, 4.69) is 20.3 Å². The minimum Gasteiger partial charge on any atom is -0.340 e. The largest absolute Gasteiger partial charge is 0.416 e. The van der Waals surface area contributed by atoms with Crippen LogP contribution in [0.5, 0.6) is 0 Å². The van der Waals surface area contributed by atoms with Gasteiger partial charge in [0.05, 0.1) is 32.9 Å². The molecule has 0 aliphatic rings. The predicted molar refractivity (Wildman–Crippen MR) is 136 cm³/mol. The van der Waals surface area contributed by atoms with Crippen molar-refractivity contribution in [2.75, 3.05) is 5.32 Å². The summed E-state index contributed by atoms with van der Waals surface area (Å²) >= 11 is 6.04. The topological polar surface area (TPSA) is 53.6 Å². The van der Waals surface area contributed by atoms with Gasteiger partial charge in [0, 0.05) is 12.6 Å². The lowest BCUT2D eigenvalue weighted by Crippen LogP contribution is -2.40. The monoisotopic (exact) mass is 578 g/mol. The Hall–Kier alpha value is -4.12. The Bertz CT molecular complexity index is 1650. The van der Waals surface area contributed by atoms with Crippen molar-refractivity contribution in [3.63, 3.8) is 0 Å². The maximum atomic E-state index is 14.8. The molecular weight excluding hydrogens is 561 g/mol. The van der Waals surface area contributed by atoms with Crippen LogP contribution in [0.1, 0.15) is 27.9 Å². The number of aromatic nitrogens is 3. The van der Waals surface area contributed by atoms with Crippen molar-refractivity contribution in [3.05, 3.63) is 124 Å². The molecule has 0 aliphatic carbocycles. The zero-order valence-corrected chi connectivity index (χ0v) is 21.0. The van der Waals surface area contributed by atoms with Crippen LogP contribution in [0.3, 0.4) is 0 Å². The van der Waals surface area contributed by atoms with Gasteiger partial charge in [-0.2, -0.15) is 26.3 Å². The summed E-state index contributed by atoms with van der Waals surface area (Å²) in [6.07, 6.45) is -8.23. The normalized spacial score (nSPS) is 13.8. The summed E-state index contributed by atoms with van der Waals surface area (Å²) in [4.78, 5) is 11.5. The van der Waals surface area contributed by atoms with E-state index in [9.17, 15) is 30.7 Å². The molecule has 2 N–H and O–H groups in total.